The minimum absolute atomic E-state index is 0.147. The molecule has 0 saturated carbocycles. The largest absolute Gasteiger partial charge is 0.495 e. The normalized spacial score (nSPS) is 16.4. The first-order valence-corrected chi connectivity index (χ1v) is 6.07. The highest BCUT2D eigenvalue weighted by Gasteiger charge is 2.21. The fourth-order valence-corrected chi connectivity index (χ4v) is 2.01. The first-order valence-electron chi connectivity index (χ1n) is 6.07. The number of ether oxygens (including phenoxy) is 1. The average molecular weight is 250 g/mol. The molecule has 0 aliphatic carbocycles. The van der Waals surface area contributed by atoms with Crippen molar-refractivity contribution in [1.29, 1.82) is 0 Å². The number of carbonyl (C=O) groups excluding carboxylic acids is 1. The van der Waals surface area contributed by atoms with Crippen molar-refractivity contribution < 1.29 is 14.6 Å². The maximum atomic E-state index is 12.0. The summed E-state index contributed by atoms with van der Waals surface area (Å²) in [4.78, 5) is 13.7. The molecule has 0 spiro atoms. The second kappa shape index (κ2) is 5.73. The number of piperidine rings is 1. The Labute approximate surface area is 106 Å². The second-order valence-corrected chi connectivity index (χ2v) is 4.35. The van der Waals surface area contributed by atoms with E-state index in [1.807, 2.05) is 12.1 Å². The Kier molecular flexibility index (Phi) is 4.04. The van der Waals surface area contributed by atoms with E-state index >= 15 is 0 Å². The van der Waals surface area contributed by atoms with Gasteiger partial charge in [0, 0.05) is 13.1 Å². The predicted octanol–water partition coefficient (Wildman–Crippen LogP) is 1.68. The summed E-state index contributed by atoms with van der Waals surface area (Å²) in [7, 11) is 1.57. The summed E-state index contributed by atoms with van der Waals surface area (Å²) in [5.74, 6) is 0.642. The molecule has 0 bridgehead atoms. The first kappa shape index (κ1) is 12.7. The number of aliphatic hydroxyl groups excluding tert-OH is 1. The average Bonchev–Trinajstić information content (AvgIpc) is 2.40. The molecule has 1 aliphatic rings. The van der Waals surface area contributed by atoms with E-state index < -0.39 is 0 Å². The minimum Gasteiger partial charge on any atom is -0.495 e. The highest BCUT2D eigenvalue weighted by molar-refractivity contribution is 5.91. The maximum absolute atomic E-state index is 12.0. The zero-order chi connectivity index (χ0) is 13.0. The molecule has 0 radical (unpaired) electrons. The number of nitrogens with one attached hydrogen (secondary N) is 1. The van der Waals surface area contributed by atoms with E-state index in [2.05, 4.69) is 5.32 Å². The van der Waals surface area contributed by atoms with Crippen LogP contribution < -0.4 is 10.1 Å². The van der Waals surface area contributed by atoms with Gasteiger partial charge in [-0.3, -0.25) is 0 Å². The van der Waals surface area contributed by atoms with Gasteiger partial charge in [0.05, 0.1) is 18.9 Å². The smallest absolute Gasteiger partial charge is 0.321 e. The molecule has 2 amide bonds. The summed E-state index contributed by atoms with van der Waals surface area (Å²) in [5.41, 5.74) is 0.663. The van der Waals surface area contributed by atoms with Crippen molar-refractivity contribution in [1.82, 2.24) is 4.90 Å². The highest BCUT2D eigenvalue weighted by Crippen LogP contribution is 2.23. The number of carbonyl (C=O) groups is 1. The van der Waals surface area contributed by atoms with Gasteiger partial charge in [0.1, 0.15) is 5.75 Å². The van der Waals surface area contributed by atoms with E-state index in [0.717, 1.165) is 0 Å². The van der Waals surface area contributed by atoms with Crippen LogP contribution in [0.5, 0.6) is 5.75 Å². The monoisotopic (exact) mass is 250 g/mol. The van der Waals surface area contributed by atoms with E-state index in [1.54, 1.807) is 24.1 Å². The zero-order valence-electron chi connectivity index (χ0n) is 10.4. The summed E-state index contributed by atoms with van der Waals surface area (Å²) >= 11 is 0. The van der Waals surface area contributed by atoms with E-state index in [1.165, 1.54) is 0 Å². The molecule has 1 aliphatic heterocycles. The van der Waals surface area contributed by atoms with Crippen molar-refractivity contribution >= 4 is 11.7 Å². The number of rotatable bonds is 2. The summed E-state index contributed by atoms with van der Waals surface area (Å²) in [6, 6.07) is 7.15. The van der Waals surface area contributed by atoms with E-state index in [-0.39, 0.29) is 12.1 Å². The summed E-state index contributed by atoms with van der Waals surface area (Å²) in [6.45, 7) is 1.17. The standard InChI is InChI=1S/C13H18N2O3/c1-18-12-5-3-2-4-11(12)14-13(17)15-8-6-10(16)7-9-15/h2-5,10,16H,6-9H2,1H3,(H,14,17). The fourth-order valence-electron chi connectivity index (χ4n) is 2.01. The molecule has 1 heterocycles. The van der Waals surface area contributed by atoms with Crippen LogP contribution in [-0.4, -0.2) is 42.3 Å². The van der Waals surface area contributed by atoms with Crippen molar-refractivity contribution in [3.63, 3.8) is 0 Å². The van der Waals surface area contributed by atoms with E-state index in [4.69, 9.17) is 4.74 Å². The molecular weight excluding hydrogens is 232 g/mol. The number of anilines is 1. The first-order chi connectivity index (χ1) is 8.70. The minimum atomic E-state index is -0.277. The van der Waals surface area contributed by atoms with Crippen LogP contribution in [0.15, 0.2) is 24.3 Å². The quantitative estimate of drug-likeness (QED) is 0.839. The van der Waals surface area contributed by atoms with Crippen LogP contribution in [0.3, 0.4) is 0 Å². The van der Waals surface area contributed by atoms with Gasteiger partial charge in [-0.25, -0.2) is 4.79 Å². The van der Waals surface area contributed by atoms with Crippen LogP contribution >= 0.6 is 0 Å². The molecule has 2 N–H and O–H groups in total. The zero-order valence-corrected chi connectivity index (χ0v) is 10.4. The molecule has 0 unspecified atom stereocenters. The third-order valence-corrected chi connectivity index (χ3v) is 3.10. The number of methoxy groups -OCH3 is 1. The van der Waals surface area contributed by atoms with Gasteiger partial charge < -0.3 is 20.1 Å². The number of nitrogens with zero attached hydrogens (tertiary/aromatic N) is 1. The Morgan fingerprint density at radius 2 is 2.06 bits per heavy atom. The molecule has 18 heavy (non-hydrogen) atoms. The summed E-state index contributed by atoms with van der Waals surface area (Å²) in [5, 5.41) is 12.2. The van der Waals surface area contributed by atoms with Gasteiger partial charge in [-0.2, -0.15) is 0 Å². The summed E-state index contributed by atoms with van der Waals surface area (Å²) in [6.07, 6.45) is 0.999. The van der Waals surface area contributed by atoms with Gasteiger partial charge in [0.25, 0.3) is 0 Å². The molecule has 1 aromatic carbocycles. The number of likely N-dealkylation sites (tertiary alicyclic amines) is 1. The van der Waals surface area contributed by atoms with E-state index in [9.17, 15) is 9.90 Å². The number of aliphatic hydroxyl groups is 1. The number of hydrogen-bond acceptors (Lipinski definition) is 3. The molecule has 1 saturated heterocycles. The lowest BCUT2D eigenvalue weighted by Gasteiger charge is -2.29. The lowest BCUT2D eigenvalue weighted by atomic mass is 10.1. The molecule has 1 aromatic rings. The molecule has 1 fully saturated rings. The van der Waals surface area contributed by atoms with Crippen molar-refractivity contribution in [3.8, 4) is 5.75 Å². The number of para-hydroxylation sites is 2. The van der Waals surface area contributed by atoms with Crippen molar-refractivity contribution in [2.24, 2.45) is 0 Å². The van der Waals surface area contributed by atoms with Crippen molar-refractivity contribution in [2.75, 3.05) is 25.5 Å². The van der Waals surface area contributed by atoms with Gasteiger partial charge in [0.15, 0.2) is 0 Å². The number of hydrogen-bond donors (Lipinski definition) is 2. The van der Waals surface area contributed by atoms with Crippen LogP contribution in [0.25, 0.3) is 0 Å². The number of benzene rings is 1. The van der Waals surface area contributed by atoms with Crippen LogP contribution in [-0.2, 0) is 0 Å². The topological polar surface area (TPSA) is 61.8 Å². The van der Waals surface area contributed by atoms with Gasteiger partial charge >= 0.3 is 6.03 Å². The van der Waals surface area contributed by atoms with Gasteiger partial charge in [-0.15, -0.1) is 0 Å². The van der Waals surface area contributed by atoms with Crippen LogP contribution in [0, 0.1) is 0 Å². The third-order valence-electron chi connectivity index (χ3n) is 3.10. The molecule has 5 nitrogen and oxygen atoms in total. The molecule has 0 atom stereocenters. The highest BCUT2D eigenvalue weighted by atomic mass is 16.5. The Balaban J connectivity index is 1.98. The Hall–Kier alpha value is -1.75. The third kappa shape index (κ3) is 2.92. The van der Waals surface area contributed by atoms with Gasteiger partial charge in [-0.1, -0.05) is 12.1 Å². The molecule has 98 valence electrons. The number of amides is 2. The Bertz CT molecular complexity index is 414. The SMILES string of the molecule is COc1ccccc1NC(=O)N1CCC(O)CC1. The Morgan fingerprint density at radius 3 is 2.72 bits per heavy atom. The molecular formula is C13H18N2O3. The lowest BCUT2D eigenvalue weighted by molar-refractivity contribution is 0.0972. The number of urea groups is 1. The molecule has 0 aromatic heterocycles. The summed E-state index contributed by atoms with van der Waals surface area (Å²) < 4.78 is 5.18. The van der Waals surface area contributed by atoms with Crippen LogP contribution in [0.2, 0.25) is 0 Å². The fraction of sp³-hybridized carbons (Fsp3) is 0.462. The van der Waals surface area contributed by atoms with Crippen molar-refractivity contribution in [2.45, 2.75) is 18.9 Å². The lowest BCUT2D eigenvalue weighted by Crippen LogP contribution is -2.42. The van der Waals surface area contributed by atoms with E-state index in [0.29, 0.717) is 37.4 Å². The van der Waals surface area contributed by atoms with Crippen LogP contribution in [0.1, 0.15) is 12.8 Å². The molecule has 2 rings (SSSR count). The molecule has 5 heteroatoms. The van der Waals surface area contributed by atoms with Gasteiger partial charge in [0.2, 0.25) is 0 Å². The maximum Gasteiger partial charge on any atom is 0.321 e. The predicted molar refractivity (Wildman–Crippen MR) is 68.8 cm³/mol. The van der Waals surface area contributed by atoms with Crippen LogP contribution in [0.4, 0.5) is 10.5 Å². The second-order valence-electron chi connectivity index (χ2n) is 4.35. The Morgan fingerprint density at radius 1 is 1.39 bits per heavy atom. The van der Waals surface area contributed by atoms with Gasteiger partial charge in [-0.05, 0) is 25.0 Å². The van der Waals surface area contributed by atoms with Crippen molar-refractivity contribution in [3.05, 3.63) is 24.3 Å².